The Hall–Kier alpha value is -1.03. The molecular weight excluding hydrogens is 228 g/mol. The highest BCUT2D eigenvalue weighted by molar-refractivity contribution is 5.68. The van der Waals surface area contributed by atoms with Crippen LogP contribution in [0.2, 0.25) is 0 Å². The molecule has 1 atom stereocenters. The van der Waals surface area contributed by atoms with Crippen molar-refractivity contribution in [3.05, 3.63) is 12.2 Å². The Labute approximate surface area is 111 Å². The zero-order valence-corrected chi connectivity index (χ0v) is 12.3. The van der Waals surface area contributed by atoms with Crippen molar-refractivity contribution in [2.24, 2.45) is 0 Å². The summed E-state index contributed by atoms with van der Waals surface area (Å²) in [6.07, 6.45) is 4.02. The van der Waals surface area contributed by atoms with E-state index in [9.17, 15) is 4.79 Å². The minimum absolute atomic E-state index is 0.194. The largest absolute Gasteiger partial charge is 0.444 e. The summed E-state index contributed by atoms with van der Waals surface area (Å²) in [5.74, 6) is 0. The molecule has 0 radical (unpaired) electrons. The predicted octanol–water partition coefficient (Wildman–Crippen LogP) is 2.50. The zero-order valence-electron chi connectivity index (χ0n) is 12.3. The van der Waals surface area contributed by atoms with Crippen LogP contribution in [0, 0.1) is 0 Å². The Morgan fingerprint density at radius 1 is 1.39 bits per heavy atom. The molecule has 1 aliphatic heterocycles. The van der Waals surface area contributed by atoms with Crippen molar-refractivity contribution in [3.63, 3.8) is 0 Å². The lowest BCUT2D eigenvalue weighted by molar-refractivity contribution is 0.00742. The topological polar surface area (TPSA) is 32.8 Å². The molecule has 104 valence electrons. The van der Waals surface area contributed by atoms with Crippen LogP contribution in [0.5, 0.6) is 0 Å². The smallest absolute Gasteiger partial charge is 0.410 e. The average molecular weight is 254 g/mol. The van der Waals surface area contributed by atoms with Crippen LogP contribution in [0.15, 0.2) is 12.2 Å². The number of carbonyl (C=O) groups excluding carboxylic acids is 1. The van der Waals surface area contributed by atoms with Gasteiger partial charge in [0.05, 0.1) is 0 Å². The number of allylic oxidation sites excluding steroid dienone is 1. The van der Waals surface area contributed by atoms with Crippen molar-refractivity contribution in [1.82, 2.24) is 9.80 Å². The van der Waals surface area contributed by atoms with E-state index in [0.29, 0.717) is 6.04 Å². The Balaban J connectivity index is 2.47. The molecule has 0 aromatic heterocycles. The molecule has 0 saturated carbocycles. The second-order valence-corrected chi connectivity index (χ2v) is 5.84. The third-order valence-electron chi connectivity index (χ3n) is 2.99. The number of piperazine rings is 1. The summed E-state index contributed by atoms with van der Waals surface area (Å²) in [6, 6.07) is 0.377. The number of hydrogen-bond acceptors (Lipinski definition) is 3. The minimum atomic E-state index is -0.414. The zero-order chi connectivity index (χ0) is 13.8. The summed E-state index contributed by atoms with van der Waals surface area (Å²) in [6.45, 7) is 13.2. The molecule has 1 amide bonds. The van der Waals surface area contributed by atoms with Crippen LogP contribution in [0.3, 0.4) is 0 Å². The third kappa shape index (κ3) is 4.69. The summed E-state index contributed by atoms with van der Waals surface area (Å²) in [4.78, 5) is 16.1. The lowest BCUT2D eigenvalue weighted by Gasteiger charge is -2.39. The van der Waals surface area contributed by atoms with E-state index in [1.165, 1.54) is 0 Å². The summed E-state index contributed by atoms with van der Waals surface area (Å²) >= 11 is 0. The first-order valence-corrected chi connectivity index (χ1v) is 6.66. The first-order valence-electron chi connectivity index (χ1n) is 6.66. The van der Waals surface area contributed by atoms with E-state index in [1.54, 1.807) is 0 Å². The van der Waals surface area contributed by atoms with E-state index in [2.05, 4.69) is 24.0 Å². The molecule has 18 heavy (non-hydrogen) atoms. The van der Waals surface area contributed by atoms with Gasteiger partial charge >= 0.3 is 6.09 Å². The number of carbonyl (C=O) groups is 1. The number of nitrogens with zero attached hydrogens (tertiary/aromatic N) is 2. The quantitative estimate of drug-likeness (QED) is 0.710. The molecule has 0 unspecified atom stereocenters. The van der Waals surface area contributed by atoms with E-state index >= 15 is 0 Å². The van der Waals surface area contributed by atoms with Gasteiger partial charge in [0.25, 0.3) is 0 Å². The lowest BCUT2D eigenvalue weighted by atomic mass is 10.2. The number of ether oxygens (including phenoxy) is 1. The van der Waals surface area contributed by atoms with Gasteiger partial charge in [-0.2, -0.15) is 0 Å². The first kappa shape index (κ1) is 15.0. The van der Waals surface area contributed by atoms with E-state index < -0.39 is 5.60 Å². The second-order valence-electron chi connectivity index (χ2n) is 5.84. The van der Waals surface area contributed by atoms with Gasteiger partial charge in [0.15, 0.2) is 0 Å². The van der Waals surface area contributed by atoms with Crippen molar-refractivity contribution in [1.29, 1.82) is 0 Å². The van der Waals surface area contributed by atoms with Gasteiger partial charge in [0.1, 0.15) is 5.60 Å². The molecule has 0 spiro atoms. The van der Waals surface area contributed by atoms with Crippen LogP contribution in [0.1, 0.15) is 34.6 Å². The molecule has 0 aliphatic carbocycles. The van der Waals surface area contributed by atoms with E-state index in [1.807, 2.05) is 32.6 Å². The maximum atomic E-state index is 12.0. The Kier molecular flexibility index (Phi) is 5.20. The highest BCUT2D eigenvalue weighted by atomic mass is 16.6. The molecule has 1 aliphatic rings. The van der Waals surface area contributed by atoms with Gasteiger partial charge in [0.2, 0.25) is 0 Å². The van der Waals surface area contributed by atoms with Gasteiger partial charge in [-0.1, -0.05) is 12.2 Å². The predicted molar refractivity (Wildman–Crippen MR) is 73.7 cm³/mol. The normalized spacial score (nSPS) is 22.5. The molecule has 0 N–H and O–H groups in total. The van der Waals surface area contributed by atoms with E-state index in [0.717, 1.165) is 26.2 Å². The molecule has 1 rings (SSSR count). The van der Waals surface area contributed by atoms with Crippen molar-refractivity contribution < 1.29 is 9.53 Å². The number of amides is 1. The molecule has 0 bridgehead atoms. The van der Waals surface area contributed by atoms with Crippen molar-refractivity contribution in [2.45, 2.75) is 46.3 Å². The SMILES string of the molecule is CC=CCN1CCN(C(=O)OC(C)(C)C)C[C@H]1C. The highest BCUT2D eigenvalue weighted by Gasteiger charge is 2.28. The molecule has 4 nitrogen and oxygen atoms in total. The minimum Gasteiger partial charge on any atom is -0.444 e. The van der Waals surface area contributed by atoms with E-state index in [-0.39, 0.29) is 6.09 Å². The fraction of sp³-hybridized carbons (Fsp3) is 0.786. The first-order chi connectivity index (χ1) is 8.33. The monoisotopic (exact) mass is 254 g/mol. The van der Waals surface area contributed by atoms with Crippen LogP contribution in [0.4, 0.5) is 4.79 Å². The van der Waals surface area contributed by atoms with Gasteiger partial charge in [-0.15, -0.1) is 0 Å². The molecule has 0 aromatic carbocycles. The molecule has 0 aromatic rings. The van der Waals surface area contributed by atoms with Crippen LogP contribution in [-0.4, -0.2) is 53.7 Å². The summed E-state index contributed by atoms with van der Waals surface area (Å²) in [5.41, 5.74) is -0.414. The van der Waals surface area contributed by atoms with Crippen molar-refractivity contribution in [2.75, 3.05) is 26.2 Å². The fourth-order valence-electron chi connectivity index (χ4n) is 2.00. The fourth-order valence-corrected chi connectivity index (χ4v) is 2.00. The standard InChI is InChI=1S/C14H26N2O2/c1-6-7-8-15-9-10-16(11-12(15)2)13(17)18-14(3,4)5/h6-7,12H,8-11H2,1-5H3/t12-/m1/s1. The summed E-state index contributed by atoms with van der Waals surface area (Å²) < 4.78 is 5.40. The van der Waals surface area contributed by atoms with E-state index in [4.69, 9.17) is 4.74 Å². The molecular formula is C14H26N2O2. The summed E-state index contributed by atoms with van der Waals surface area (Å²) in [5, 5.41) is 0. The van der Waals surface area contributed by atoms with Crippen LogP contribution < -0.4 is 0 Å². The average Bonchev–Trinajstić information content (AvgIpc) is 2.25. The summed E-state index contributed by atoms with van der Waals surface area (Å²) in [7, 11) is 0. The maximum Gasteiger partial charge on any atom is 0.410 e. The van der Waals surface area contributed by atoms with Crippen LogP contribution in [0.25, 0.3) is 0 Å². The Morgan fingerprint density at radius 2 is 2.06 bits per heavy atom. The third-order valence-corrected chi connectivity index (χ3v) is 2.99. The molecule has 4 heteroatoms. The van der Waals surface area contributed by atoms with Crippen LogP contribution in [-0.2, 0) is 4.74 Å². The Bertz CT molecular complexity index is 307. The lowest BCUT2D eigenvalue weighted by Crippen LogP contribution is -2.54. The maximum absolute atomic E-state index is 12.0. The van der Waals surface area contributed by atoms with Crippen LogP contribution >= 0.6 is 0 Å². The molecule has 1 fully saturated rings. The van der Waals surface area contributed by atoms with Crippen molar-refractivity contribution in [3.8, 4) is 0 Å². The molecule has 1 heterocycles. The van der Waals surface area contributed by atoms with Gasteiger partial charge in [-0.05, 0) is 34.6 Å². The molecule has 1 saturated heterocycles. The van der Waals surface area contributed by atoms with Gasteiger partial charge in [-0.3, -0.25) is 4.90 Å². The number of hydrogen-bond donors (Lipinski definition) is 0. The van der Waals surface area contributed by atoms with Gasteiger partial charge in [-0.25, -0.2) is 4.79 Å². The van der Waals surface area contributed by atoms with Crippen molar-refractivity contribution >= 4 is 6.09 Å². The van der Waals surface area contributed by atoms with Gasteiger partial charge < -0.3 is 9.64 Å². The Morgan fingerprint density at radius 3 is 2.56 bits per heavy atom. The number of rotatable bonds is 2. The second kappa shape index (κ2) is 6.23. The highest BCUT2D eigenvalue weighted by Crippen LogP contribution is 2.14. The van der Waals surface area contributed by atoms with Gasteiger partial charge in [0, 0.05) is 32.2 Å².